The van der Waals surface area contributed by atoms with Crippen molar-refractivity contribution in [2.24, 2.45) is 0 Å². The van der Waals surface area contributed by atoms with Gasteiger partial charge in [0.1, 0.15) is 6.04 Å². The number of rotatable bonds is 10. The first-order valence-corrected chi connectivity index (χ1v) is 11.0. The van der Waals surface area contributed by atoms with Crippen LogP contribution in [0.2, 0.25) is 5.02 Å². The predicted molar refractivity (Wildman–Crippen MR) is 117 cm³/mol. The molecular formula is C22H27ClN2O2S. The summed E-state index contributed by atoms with van der Waals surface area (Å²) >= 11 is 7.69. The summed E-state index contributed by atoms with van der Waals surface area (Å²) in [5, 5.41) is 3.33. The Morgan fingerprint density at radius 2 is 1.75 bits per heavy atom. The maximum absolute atomic E-state index is 13.0. The summed E-state index contributed by atoms with van der Waals surface area (Å²) in [5.74, 6) is 1.44. The van der Waals surface area contributed by atoms with Crippen LogP contribution in [0.5, 0.6) is 0 Å². The third kappa shape index (κ3) is 6.88. The van der Waals surface area contributed by atoms with Gasteiger partial charge in [-0.1, -0.05) is 61.0 Å². The van der Waals surface area contributed by atoms with Crippen LogP contribution < -0.4 is 5.32 Å². The molecule has 1 atom stereocenters. The summed E-state index contributed by atoms with van der Waals surface area (Å²) in [7, 11) is 1.60. The lowest BCUT2D eigenvalue weighted by Crippen LogP contribution is -2.48. The van der Waals surface area contributed by atoms with Gasteiger partial charge in [-0.25, -0.2) is 0 Å². The Morgan fingerprint density at radius 1 is 1.07 bits per heavy atom. The second-order valence-electron chi connectivity index (χ2n) is 6.47. The van der Waals surface area contributed by atoms with Crippen LogP contribution >= 0.6 is 23.4 Å². The van der Waals surface area contributed by atoms with Crippen molar-refractivity contribution in [3.63, 3.8) is 0 Å². The van der Waals surface area contributed by atoms with Crippen LogP contribution in [0.1, 0.15) is 30.9 Å². The van der Waals surface area contributed by atoms with Crippen LogP contribution in [-0.4, -0.2) is 35.6 Å². The average Bonchev–Trinajstić information content (AvgIpc) is 2.72. The molecule has 0 aliphatic carbocycles. The molecule has 2 aromatic carbocycles. The smallest absolute Gasteiger partial charge is 0.242 e. The lowest BCUT2D eigenvalue weighted by atomic mass is 10.1. The van der Waals surface area contributed by atoms with Crippen molar-refractivity contribution in [3.8, 4) is 0 Å². The SMILES string of the molecule is CC[C@H](C(=O)NC)N(Cc1ccc(Cl)cc1)C(=O)CCSCc1ccccc1. The third-order valence-corrected chi connectivity index (χ3v) is 5.75. The van der Waals surface area contributed by atoms with E-state index in [0.29, 0.717) is 24.4 Å². The molecule has 0 unspecified atom stereocenters. The third-order valence-electron chi connectivity index (χ3n) is 4.47. The van der Waals surface area contributed by atoms with Crippen LogP contribution in [-0.2, 0) is 21.9 Å². The molecule has 1 N–H and O–H groups in total. The van der Waals surface area contributed by atoms with E-state index in [-0.39, 0.29) is 11.8 Å². The highest BCUT2D eigenvalue weighted by atomic mass is 35.5. The molecule has 2 rings (SSSR count). The molecule has 4 nitrogen and oxygen atoms in total. The van der Waals surface area contributed by atoms with E-state index in [1.54, 1.807) is 35.8 Å². The summed E-state index contributed by atoms with van der Waals surface area (Å²) in [6.07, 6.45) is 0.967. The number of nitrogens with one attached hydrogen (secondary N) is 1. The number of halogens is 1. The molecule has 0 saturated carbocycles. The minimum Gasteiger partial charge on any atom is -0.357 e. The highest BCUT2D eigenvalue weighted by molar-refractivity contribution is 7.98. The molecule has 0 radical (unpaired) electrons. The van der Waals surface area contributed by atoms with Gasteiger partial charge < -0.3 is 10.2 Å². The monoisotopic (exact) mass is 418 g/mol. The van der Waals surface area contributed by atoms with Gasteiger partial charge in [0.05, 0.1) is 0 Å². The van der Waals surface area contributed by atoms with E-state index in [2.05, 4.69) is 17.4 Å². The van der Waals surface area contributed by atoms with Gasteiger partial charge in [0, 0.05) is 36.5 Å². The van der Waals surface area contributed by atoms with E-state index in [9.17, 15) is 9.59 Å². The first-order chi connectivity index (χ1) is 13.5. The molecular weight excluding hydrogens is 392 g/mol. The average molecular weight is 419 g/mol. The van der Waals surface area contributed by atoms with E-state index in [1.165, 1.54) is 5.56 Å². The first-order valence-electron chi connectivity index (χ1n) is 9.42. The molecule has 0 aromatic heterocycles. The molecule has 0 saturated heterocycles. The zero-order valence-corrected chi connectivity index (χ0v) is 17.9. The fourth-order valence-corrected chi connectivity index (χ4v) is 3.96. The van der Waals surface area contributed by atoms with Crippen molar-refractivity contribution in [3.05, 3.63) is 70.7 Å². The quantitative estimate of drug-likeness (QED) is 0.577. The number of carbonyl (C=O) groups excluding carboxylic acids is 2. The lowest BCUT2D eigenvalue weighted by Gasteiger charge is -2.30. The van der Waals surface area contributed by atoms with Gasteiger partial charge in [0.15, 0.2) is 0 Å². The van der Waals surface area contributed by atoms with E-state index in [0.717, 1.165) is 17.1 Å². The number of likely N-dealkylation sites (N-methyl/N-ethyl adjacent to an activating group) is 1. The van der Waals surface area contributed by atoms with Crippen molar-refractivity contribution in [1.82, 2.24) is 10.2 Å². The molecule has 0 fully saturated rings. The van der Waals surface area contributed by atoms with Crippen molar-refractivity contribution >= 4 is 35.2 Å². The second kappa shape index (κ2) is 11.8. The predicted octanol–water partition coefficient (Wildman–Crippen LogP) is 4.52. The zero-order chi connectivity index (χ0) is 20.4. The van der Waals surface area contributed by atoms with Crippen molar-refractivity contribution in [2.75, 3.05) is 12.8 Å². The fraction of sp³-hybridized carbons (Fsp3) is 0.364. The minimum atomic E-state index is -0.479. The van der Waals surface area contributed by atoms with Crippen molar-refractivity contribution < 1.29 is 9.59 Å². The van der Waals surface area contributed by atoms with Crippen LogP contribution in [0.4, 0.5) is 0 Å². The number of benzene rings is 2. The van der Waals surface area contributed by atoms with E-state index >= 15 is 0 Å². The molecule has 2 amide bonds. The number of hydrogen-bond acceptors (Lipinski definition) is 3. The van der Waals surface area contributed by atoms with Gasteiger partial charge in [0.2, 0.25) is 11.8 Å². The van der Waals surface area contributed by atoms with Gasteiger partial charge in [-0.05, 0) is 29.7 Å². The van der Waals surface area contributed by atoms with Gasteiger partial charge in [-0.2, -0.15) is 11.8 Å². The standard InChI is InChI=1S/C22H27ClN2O2S/c1-3-20(22(27)24-2)25(15-17-9-11-19(23)12-10-17)21(26)13-14-28-16-18-7-5-4-6-8-18/h4-12,20H,3,13-16H2,1-2H3,(H,24,27)/t20-/m1/s1. The van der Waals surface area contributed by atoms with Gasteiger partial charge in [0.25, 0.3) is 0 Å². The molecule has 0 spiro atoms. The Hall–Kier alpha value is -1.98. The molecule has 6 heteroatoms. The number of thioether (sulfide) groups is 1. The Balaban J connectivity index is 2.00. The summed E-state index contributed by atoms with van der Waals surface area (Å²) in [6.45, 7) is 2.32. The number of carbonyl (C=O) groups is 2. The highest BCUT2D eigenvalue weighted by Crippen LogP contribution is 2.18. The highest BCUT2D eigenvalue weighted by Gasteiger charge is 2.27. The normalized spacial score (nSPS) is 11.7. The summed E-state index contributed by atoms with van der Waals surface area (Å²) in [6, 6.07) is 17.1. The molecule has 0 bridgehead atoms. The van der Waals surface area contributed by atoms with Crippen LogP contribution in [0.25, 0.3) is 0 Å². The number of amides is 2. The number of nitrogens with zero attached hydrogens (tertiary/aromatic N) is 1. The summed E-state index contributed by atoms with van der Waals surface area (Å²) in [4.78, 5) is 27.0. The summed E-state index contributed by atoms with van der Waals surface area (Å²) < 4.78 is 0. The van der Waals surface area contributed by atoms with Crippen LogP contribution in [0.3, 0.4) is 0 Å². The van der Waals surface area contributed by atoms with E-state index in [4.69, 9.17) is 11.6 Å². The fourth-order valence-electron chi connectivity index (χ4n) is 2.94. The molecule has 0 aliphatic heterocycles. The largest absolute Gasteiger partial charge is 0.357 e. The van der Waals surface area contributed by atoms with Crippen molar-refractivity contribution in [1.29, 1.82) is 0 Å². The molecule has 150 valence electrons. The maximum Gasteiger partial charge on any atom is 0.242 e. The lowest BCUT2D eigenvalue weighted by molar-refractivity contribution is -0.140. The molecule has 2 aromatic rings. The second-order valence-corrected chi connectivity index (χ2v) is 8.02. The Kier molecular flexibility index (Phi) is 9.38. The van der Waals surface area contributed by atoms with Gasteiger partial charge in [-0.3, -0.25) is 9.59 Å². The minimum absolute atomic E-state index is 0.00837. The topological polar surface area (TPSA) is 49.4 Å². The Labute approximate surface area is 176 Å². The maximum atomic E-state index is 13.0. The van der Waals surface area contributed by atoms with E-state index < -0.39 is 6.04 Å². The van der Waals surface area contributed by atoms with Crippen LogP contribution in [0, 0.1) is 0 Å². The van der Waals surface area contributed by atoms with Gasteiger partial charge in [-0.15, -0.1) is 0 Å². The number of hydrogen-bond donors (Lipinski definition) is 1. The molecule has 0 aliphatic rings. The van der Waals surface area contributed by atoms with Crippen molar-refractivity contribution in [2.45, 2.75) is 38.1 Å². The van der Waals surface area contributed by atoms with E-state index in [1.807, 2.05) is 37.3 Å². The Morgan fingerprint density at radius 3 is 2.36 bits per heavy atom. The zero-order valence-electron chi connectivity index (χ0n) is 16.4. The molecule has 0 heterocycles. The van der Waals surface area contributed by atoms with Crippen LogP contribution in [0.15, 0.2) is 54.6 Å². The Bertz CT molecular complexity index is 753. The summed E-state index contributed by atoms with van der Waals surface area (Å²) in [5.41, 5.74) is 2.20. The molecule has 28 heavy (non-hydrogen) atoms. The first kappa shape index (κ1) is 22.3. The van der Waals surface area contributed by atoms with Gasteiger partial charge >= 0.3 is 0 Å².